The molecule has 3 aromatic rings. The van der Waals surface area contributed by atoms with Gasteiger partial charge in [0.25, 0.3) is 0 Å². The van der Waals surface area contributed by atoms with Gasteiger partial charge in [-0.25, -0.2) is 18.4 Å². The lowest BCUT2D eigenvalue weighted by molar-refractivity contribution is -0.137. The molecule has 0 bridgehead atoms. The molecule has 164 valence electrons. The lowest BCUT2D eigenvalue weighted by atomic mass is 9.87. The van der Waals surface area contributed by atoms with Gasteiger partial charge in [-0.15, -0.1) is 0 Å². The lowest BCUT2D eigenvalue weighted by Gasteiger charge is -2.28. The maximum atomic E-state index is 13.0. The fraction of sp³-hybridized carbons (Fsp3) is 0.200. The zero-order valence-corrected chi connectivity index (χ0v) is 17.8. The fourth-order valence-corrected chi connectivity index (χ4v) is 3.95. The number of nitrogens with zero attached hydrogens (tertiary/aromatic N) is 2. The molecule has 3 rings (SSSR count). The van der Waals surface area contributed by atoms with Gasteiger partial charge < -0.3 is 11.5 Å². The van der Waals surface area contributed by atoms with Crippen LogP contribution in [0.15, 0.2) is 59.8 Å². The second-order valence-corrected chi connectivity index (χ2v) is 9.38. The Kier molecular flexibility index (Phi) is 6.12. The van der Waals surface area contributed by atoms with E-state index in [-0.39, 0.29) is 11.4 Å². The largest absolute Gasteiger partial charge is 0.417 e. The highest BCUT2D eigenvalue weighted by atomic mass is 35.5. The van der Waals surface area contributed by atoms with E-state index < -0.39 is 32.1 Å². The maximum Gasteiger partial charge on any atom is 0.417 e. The molecule has 0 aliphatic rings. The second-order valence-electron chi connectivity index (χ2n) is 6.95. The Bertz CT molecular complexity index is 1220. The van der Waals surface area contributed by atoms with Gasteiger partial charge in [-0.3, -0.25) is 0 Å². The highest BCUT2D eigenvalue weighted by molar-refractivity contribution is 7.90. The Labute approximate surface area is 182 Å². The number of nitrogens with two attached hydrogens (primary N) is 2. The van der Waals surface area contributed by atoms with E-state index in [1.165, 1.54) is 30.6 Å². The molecule has 31 heavy (non-hydrogen) atoms. The lowest BCUT2D eigenvalue weighted by Crippen LogP contribution is -2.45. The van der Waals surface area contributed by atoms with E-state index in [1.54, 1.807) is 12.1 Å². The molecule has 1 aromatic heterocycles. The molecule has 6 nitrogen and oxygen atoms in total. The predicted octanol–water partition coefficient (Wildman–Crippen LogP) is 3.38. The zero-order valence-electron chi connectivity index (χ0n) is 16.2. The summed E-state index contributed by atoms with van der Waals surface area (Å²) < 4.78 is 62.3. The number of halogens is 4. The minimum Gasteiger partial charge on any atom is -0.328 e. The van der Waals surface area contributed by atoms with Crippen LogP contribution in [0.1, 0.15) is 16.8 Å². The van der Waals surface area contributed by atoms with Crippen LogP contribution in [-0.2, 0) is 21.6 Å². The monoisotopic (exact) mass is 470 g/mol. The van der Waals surface area contributed by atoms with Crippen LogP contribution in [0.4, 0.5) is 13.2 Å². The Balaban J connectivity index is 2.04. The van der Waals surface area contributed by atoms with Crippen molar-refractivity contribution in [3.8, 4) is 11.3 Å². The highest BCUT2D eigenvalue weighted by Gasteiger charge is 2.34. The van der Waals surface area contributed by atoms with Gasteiger partial charge in [0.2, 0.25) is 0 Å². The van der Waals surface area contributed by atoms with E-state index in [0.29, 0.717) is 22.5 Å². The molecular formula is C20H18ClF3N4O2S. The first-order valence-electron chi connectivity index (χ1n) is 8.85. The van der Waals surface area contributed by atoms with Crippen molar-refractivity contribution >= 4 is 21.4 Å². The van der Waals surface area contributed by atoms with Crippen LogP contribution in [0.3, 0.4) is 0 Å². The van der Waals surface area contributed by atoms with E-state index in [2.05, 4.69) is 9.97 Å². The summed E-state index contributed by atoms with van der Waals surface area (Å²) in [6, 6.07) is 10.7. The number of aromatic nitrogens is 2. The number of hydrogen-bond acceptors (Lipinski definition) is 6. The van der Waals surface area contributed by atoms with Gasteiger partial charge in [0.1, 0.15) is 6.33 Å². The highest BCUT2D eigenvalue weighted by Crippen LogP contribution is 2.37. The molecule has 0 saturated carbocycles. The van der Waals surface area contributed by atoms with Gasteiger partial charge >= 0.3 is 6.18 Å². The quantitative estimate of drug-likeness (QED) is 0.591. The summed E-state index contributed by atoms with van der Waals surface area (Å²) in [7, 11) is -3.39. The Morgan fingerprint density at radius 3 is 2.19 bits per heavy atom. The van der Waals surface area contributed by atoms with Crippen LogP contribution in [0.5, 0.6) is 0 Å². The first-order valence-corrected chi connectivity index (χ1v) is 11.1. The SMILES string of the molecule is CS(=O)(=O)c1ccc(C(N)(CN)c2cc(-c3ccc(C(F)(F)F)c(Cl)c3)ncn2)cc1. The maximum absolute atomic E-state index is 13.0. The van der Waals surface area contributed by atoms with E-state index in [1.807, 2.05) is 0 Å². The molecule has 0 saturated heterocycles. The summed E-state index contributed by atoms with van der Waals surface area (Å²) in [6.07, 6.45) is -2.26. The molecule has 0 radical (unpaired) electrons. The van der Waals surface area contributed by atoms with Gasteiger partial charge in [-0.2, -0.15) is 13.2 Å². The average molecular weight is 471 g/mol. The molecule has 1 unspecified atom stereocenters. The molecule has 0 spiro atoms. The van der Waals surface area contributed by atoms with Gasteiger partial charge in [-0.05, 0) is 35.9 Å². The summed E-state index contributed by atoms with van der Waals surface area (Å²) in [4.78, 5) is 8.41. The topological polar surface area (TPSA) is 112 Å². The molecule has 0 aliphatic heterocycles. The zero-order chi connectivity index (χ0) is 23.0. The van der Waals surface area contributed by atoms with Gasteiger partial charge in [0, 0.05) is 18.4 Å². The van der Waals surface area contributed by atoms with E-state index >= 15 is 0 Å². The Morgan fingerprint density at radius 2 is 1.68 bits per heavy atom. The predicted molar refractivity (Wildman–Crippen MR) is 111 cm³/mol. The van der Waals surface area contributed by atoms with Gasteiger partial charge in [0.15, 0.2) is 9.84 Å². The first kappa shape index (κ1) is 23.1. The van der Waals surface area contributed by atoms with Gasteiger partial charge in [0.05, 0.1) is 32.4 Å². The Morgan fingerprint density at radius 1 is 1.03 bits per heavy atom. The van der Waals surface area contributed by atoms with Crippen LogP contribution in [0, 0.1) is 0 Å². The molecular weight excluding hydrogens is 453 g/mol. The van der Waals surface area contributed by atoms with Crippen molar-refractivity contribution in [3.05, 3.63) is 76.7 Å². The van der Waals surface area contributed by atoms with Crippen LogP contribution in [0.25, 0.3) is 11.3 Å². The van der Waals surface area contributed by atoms with Crippen molar-refractivity contribution in [2.24, 2.45) is 11.5 Å². The molecule has 1 heterocycles. The Hall–Kier alpha value is -2.53. The number of rotatable bonds is 5. The van der Waals surface area contributed by atoms with Crippen molar-refractivity contribution in [3.63, 3.8) is 0 Å². The summed E-state index contributed by atoms with van der Waals surface area (Å²) >= 11 is 5.81. The van der Waals surface area contributed by atoms with Crippen molar-refractivity contribution in [1.82, 2.24) is 9.97 Å². The minimum atomic E-state index is -4.57. The molecule has 1 atom stereocenters. The summed E-state index contributed by atoms with van der Waals surface area (Å²) in [5.41, 5.74) is 11.7. The van der Waals surface area contributed by atoms with Gasteiger partial charge in [-0.1, -0.05) is 29.8 Å². The van der Waals surface area contributed by atoms with Crippen molar-refractivity contribution in [1.29, 1.82) is 0 Å². The third kappa shape index (κ3) is 4.72. The summed E-state index contributed by atoms with van der Waals surface area (Å²) in [5, 5.41) is -0.459. The smallest absolute Gasteiger partial charge is 0.328 e. The number of sulfone groups is 1. The first-order chi connectivity index (χ1) is 14.4. The number of hydrogen-bond donors (Lipinski definition) is 2. The normalized spacial score (nSPS) is 14.3. The van der Waals surface area contributed by atoms with E-state index in [4.69, 9.17) is 23.1 Å². The van der Waals surface area contributed by atoms with Crippen LogP contribution < -0.4 is 11.5 Å². The summed E-state index contributed by atoms with van der Waals surface area (Å²) in [5.74, 6) is 0. The minimum absolute atomic E-state index is 0.0740. The molecule has 0 aliphatic carbocycles. The summed E-state index contributed by atoms with van der Waals surface area (Å²) in [6.45, 7) is -0.0740. The standard InChI is InChI=1S/C20H18ClF3N4O2S/c1-31(29,30)14-5-3-13(4-6-14)19(26,10-25)18-9-17(27-11-28-18)12-2-7-15(16(21)8-12)20(22,23)24/h2-9,11H,10,25-26H2,1H3. The van der Waals surface area contributed by atoms with Crippen molar-refractivity contribution < 1.29 is 21.6 Å². The molecule has 0 fully saturated rings. The van der Waals surface area contributed by atoms with E-state index in [9.17, 15) is 21.6 Å². The molecule has 11 heteroatoms. The van der Waals surface area contributed by atoms with Crippen LogP contribution >= 0.6 is 11.6 Å². The average Bonchev–Trinajstić information content (AvgIpc) is 2.71. The molecule has 0 amide bonds. The molecule has 2 aromatic carbocycles. The second kappa shape index (κ2) is 8.19. The van der Waals surface area contributed by atoms with Crippen LogP contribution in [0.2, 0.25) is 5.02 Å². The van der Waals surface area contributed by atoms with Crippen molar-refractivity contribution in [2.45, 2.75) is 16.6 Å². The number of benzene rings is 2. The third-order valence-corrected chi connectivity index (χ3v) is 6.26. The fourth-order valence-electron chi connectivity index (χ4n) is 3.03. The van der Waals surface area contributed by atoms with Crippen molar-refractivity contribution in [2.75, 3.05) is 12.8 Å². The van der Waals surface area contributed by atoms with E-state index in [0.717, 1.165) is 18.4 Å². The molecule has 4 N–H and O–H groups in total. The van der Waals surface area contributed by atoms with Crippen LogP contribution in [-0.4, -0.2) is 31.2 Å². The third-order valence-electron chi connectivity index (χ3n) is 4.81. The number of alkyl halides is 3.